The molecule has 24 heavy (non-hydrogen) atoms. The average molecular weight is 400 g/mol. The lowest BCUT2D eigenvalue weighted by molar-refractivity contribution is 0.00209. The predicted molar refractivity (Wildman–Crippen MR) is 94.0 cm³/mol. The van der Waals surface area contributed by atoms with Crippen LogP contribution in [-0.2, 0) is 11.8 Å². The third-order valence-corrected chi connectivity index (χ3v) is 7.31. The minimum atomic E-state index is -2.44. The molecule has 2 unspecified atom stereocenters. The molecule has 3 atom stereocenters. The highest BCUT2D eigenvalue weighted by Gasteiger charge is 2.54. The van der Waals surface area contributed by atoms with Gasteiger partial charge in [0.05, 0.1) is 4.47 Å². The van der Waals surface area contributed by atoms with Gasteiger partial charge in [0.15, 0.2) is 0 Å². The van der Waals surface area contributed by atoms with Crippen molar-refractivity contribution in [2.45, 2.75) is 56.4 Å². The maximum absolute atomic E-state index is 12.6. The number of likely N-dealkylation sites (N-methyl/N-ethyl adjacent to an activating group) is 1. The standard InChI is InChI=1S/C19H24BrF2NO/c1-23-9-8-19-7-3-2-4-13(19)14(23)10-12-5-6-15(18(20)17(12)19)24-11-16(21)22/h5-6,13-14,16H,2-4,7-11H2,1H3/t13?,14?,19-/m0/s1. The zero-order chi connectivity index (χ0) is 16.9. The second-order valence-electron chi connectivity index (χ2n) is 7.62. The van der Waals surface area contributed by atoms with E-state index in [-0.39, 0.29) is 5.41 Å². The quantitative estimate of drug-likeness (QED) is 0.724. The summed E-state index contributed by atoms with van der Waals surface area (Å²) in [6, 6.07) is 4.59. The van der Waals surface area contributed by atoms with Gasteiger partial charge in [-0.3, -0.25) is 0 Å². The molecule has 1 saturated heterocycles. The molecule has 1 aromatic carbocycles. The van der Waals surface area contributed by atoms with E-state index in [1.165, 1.54) is 36.8 Å². The van der Waals surface area contributed by atoms with Crippen LogP contribution in [0.25, 0.3) is 0 Å². The monoisotopic (exact) mass is 399 g/mol. The Balaban J connectivity index is 1.79. The summed E-state index contributed by atoms with van der Waals surface area (Å²) in [6.45, 7) is 0.578. The van der Waals surface area contributed by atoms with Crippen LogP contribution in [0.1, 0.15) is 43.2 Å². The predicted octanol–water partition coefficient (Wildman–Crippen LogP) is 4.78. The number of alkyl halides is 2. The molecule has 0 aromatic heterocycles. The lowest BCUT2D eigenvalue weighted by Crippen LogP contribution is -2.59. The number of fused-ring (bicyclic) bond motifs is 1. The van der Waals surface area contributed by atoms with Crippen molar-refractivity contribution < 1.29 is 13.5 Å². The lowest BCUT2D eigenvalue weighted by atomic mass is 9.52. The van der Waals surface area contributed by atoms with E-state index in [1.54, 1.807) is 0 Å². The molecule has 3 aliphatic rings. The fourth-order valence-electron chi connectivity index (χ4n) is 5.51. The first kappa shape index (κ1) is 16.8. The third kappa shape index (κ3) is 2.50. The van der Waals surface area contributed by atoms with Crippen molar-refractivity contribution in [2.75, 3.05) is 20.2 Å². The lowest BCUT2D eigenvalue weighted by Gasteiger charge is -2.58. The Bertz CT molecular complexity index is 638. The Labute approximate surface area is 150 Å². The first-order valence-electron chi connectivity index (χ1n) is 8.96. The molecule has 1 saturated carbocycles. The molecule has 1 aromatic rings. The van der Waals surface area contributed by atoms with Crippen LogP contribution in [0.4, 0.5) is 8.78 Å². The fraction of sp³-hybridized carbons (Fsp3) is 0.684. The molecule has 132 valence electrons. The molecule has 2 nitrogen and oxygen atoms in total. The maximum Gasteiger partial charge on any atom is 0.272 e. The summed E-state index contributed by atoms with van der Waals surface area (Å²) in [6.07, 6.45) is 4.85. The SMILES string of the molecule is CN1CC[C@@]23CCCCC2C1Cc1ccc(OCC(F)F)c(Br)c13. The van der Waals surface area contributed by atoms with Crippen LogP contribution < -0.4 is 4.74 Å². The molecule has 5 heteroatoms. The summed E-state index contributed by atoms with van der Waals surface area (Å²) >= 11 is 3.73. The molecular formula is C19H24BrF2NO. The number of benzene rings is 1. The molecule has 2 bridgehead atoms. The molecule has 0 N–H and O–H groups in total. The summed E-state index contributed by atoms with van der Waals surface area (Å²) in [7, 11) is 2.25. The number of nitrogens with zero attached hydrogens (tertiary/aromatic N) is 1. The number of hydrogen-bond donors (Lipinski definition) is 0. The minimum absolute atomic E-state index is 0.200. The highest BCUT2D eigenvalue weighted by atomic mass is 79.9. The van der Waals surface area contributed by atoms with Crippen molar-refractivity contribution in [3.05, 3.63) is 27.7 Å². The minimum Gasteiger partial charge on any atom is -0.486 e. The third-order valence-electron chi connectivity index (χ3n) is 6.52. The molecule has 2 fully saturated rings. The molecule has 4 rings (SSSR count). The van der Waals surface area contributed by atoms with Gasteiger partial charge in [0, 0.05) is 11.5 Å². The van der Waals surface area contributed by atoms with E-state index in [2.05, 4.69) is 33.9 Å². The Morgan fingerprint density at radius 2 is 2.17 bits per heavy atom. The Morgan fingerprint density at radius 1 is 1.33 bits per heavy atom. The second kappa shape index (κ2) is 6.24. The van der Waals surface area contributed by atoms with Gasteiger partial charge >= 0.3 is 0 Å². The smallest absolute Gasteiger partial charge is 0.272 e. The van der Waals surface area contributed by atoms with Crippen molar-refractivity contribution in [3.8, 4) is 5.75 Å². The van der Waals surface area contributed by atoms with Gasteiger partial charge in [0.2, 0.25) is 0 Å². The van der Waals surface area contributed by atoms with Gasteiger partial charge in [0.1, 0.15) is 12.4 Å². The summed E-state index contributed by atoms with van der Waals surface area (Å²) in [5.41, 5.74) is 2.94. The van der Waals surface area contributed by atoms with Crippen LogP contribution in [-0.4, -0.2) is 37.6 Å². The Kier molecular flexibility index (Phi) is 4.36. The molecule has 0 spiro atoms. The van der Waals surface area contributed by atoms with Crippen LogP contribution in [0.3, 0.4) is 0 Å². The van der Waals surface area contributed by atoms with Crippen molar-refractivity contribution in [1.82, 2.24) is 4.90 Å². The van der Waals surface area contributed by atoms with Gasteiger partial charge in [-0.25, -0.2) is 8.78 Å². The number of piperidine rings is 1. The first-order valence-corrected chi connectivity index (χ1v) is 9.75. The number of ether oxygens (including phenoxy) is 1. The second-order valence-corrected chi connectivity index (χ2v) is 8.42. The van der Waals surface area contributed by atoms with Crippen molar-refractivity contribution >= 4 is 15.9 Å². The van der Waals surface area contributed by atoms with Gasteiger partial charge in [0.25, 0.3) is 6.43 Å². The van der Waals surface area contributed by atoms with Gasteiger partial charge < -0.3 is 9.64 Å². The van der Waals surface area contributed by atoms with Crippen molar-refractivity contribution in [3.63, 3.8) is 0 Å². The number of likely N-dealkylation sites (tertiary alicyclic amines) is 1. The Hall–Kier alpha value is -0.680. The van der Waals surface area contributed by atoms with E-state index in [0.29, 0.717) is 17.7 Å². The molecular weight excluding hydrogens is 376 g/mol. The maximum atomic E-state index is 12.6. The van der Waals surface area contributed by atoms with E-state index < -0.39 is 13.0 Å². The van der Waals surface area contributed by atoms with E-state index >= 15 is 0 Å². The molecule has 1 heterocycles. The fourth-order valence-corrected chi connectivity index (χ4v) is 6.41. The molecule has 0 radical (unpaired) electrons. The van der Waals surface area contributed by atoms with Crippen LogP contribution in [0.15, 0.2) is 16.6 Å². The summed E-state index contributed by atoms with van der Waals surface area (Å²) < 4.78 is 31.4. The Morgan fingerprint density at radius 3 is 2.96 bits per heavy atom. The van der Waals surface area contributed by atoms with Crippen LogP contribution in [0, 0.1) is 5.92 Å². The number of hydrogen-bond acceptors (Lipinski definition) is 2. The van der Waals surface area contributed by atoms with Crippen LogP contribution in [0.5, 0.6) is 5.75 Å². The zero-order valence-electron chi connectivity index (χ0n) is 14.0. The highest BCUT2D eigenvalue weighted by Crippen LogP contribution is 2.58. The molecule has 1 aliphatic heterocycles. The van der Waals surface area contributed by atoms with Gasteiger partial charge in [-0.15, -0.1) is 0 Å². The molecule has 0 amide bonds. The van der Waals surface area contributed by atoms with Crippen LogP contribution in [0.2, 0.25) is 0 Å². The summed E-state index contributed by atoms with van der Waals surface area (Å²) in [5.74, 6) is 1.25. The van der Waals surface area contributed by atoms with Crippen LogP contribution >= 0.6 is 15.9 Å². The van der Waals surface area contributed by atoms with Crippen molar-refractivity contribution in [2.24, 2.45) is 5.92 Å². The zero-order valence-corrected chi connectivity index (χ0v) is 15.6. The van der Waals surface area contributed by atoms with E-state index in [0.717, 1.165) is 23.9 Å². The summed E-state index contributed by atoms with van der Waals surface area (Å²) in [5, 5.41) is 0. The topological polar surface area (TPSA) is 12.5 Å². The highest BCUT2D eigenvalue weighted by molar-refractivity contribution is 9.10. The average Bonchev–Trinajstić information content (AvgIpc) is 2.57. The number of halogens is 3. The van der Waals surface area contributed by atoms with Crippen molar-refractivity contribution in [1.29, 1.82) is 0 Å². The normalized spacial score (nSPS) is 32.4. The van der Waals surface area contributed by atoms with E-state index in [9.17, 15) is 8.78 Å². The summed E-state index contributed by atoms with van der Waals surface area (Å²) in [4.78, 5) is 2.53. The molecule has 2 aliphatic carbocycles. The first-order chi connectivity index (χ1) is 11.5. The van der Waals surface area contributed by atoms with Gasteiger partial charge in [-0.2, -0.15) is 0 Å². The van der Waals surface area contributed by atoms with E-state index in [4.69, 9.17) is 4.74 Å². The van der Waals surface area contributed by atoms with Gasteiger partial charge in [-0.1, -0.05) is 18.9 Å². The number of rotatable bonds is 3. The largest absolute Gasteiger partial charge is 0.486 e. The van der Waals surface area contributed by atoms with Gasteiger partial charge in [-0.05, 0) is 78.3 Å². The van der Waals surface area contributed by atoms with E-state index in [1.807, 2.05) is 6.07 Å².